The van der Waals surface area contributed by atoms with Crippen LogP contribution in [0.1, 0.15) is 26.3 Å². The summed E-state index contributed by atoms with van der Waals surface area (Å²) in [7, 11) is -3.37. The summed E-state index contributed by atoms with van der Waals surface area (Å²) in [6.07, 6.45) is 2.14. The SMILES string of the molecule is CC(C)S(=O)(=O)c1ccc(Nc2nn([C@H]3COCC[C@@H]3C#N)c3cc[nH]c(=O)c23)cc1. The van der Waals surface area contributed by atoms with Gasteiger partial charge in [-0.25, -0.2) is 8.42 Å². The lowest BCUT2D eigenvalue weighted by molar-refractivity contribution is 0.0359. The van der Waals surface area contributed by atoms with Crippen LogP contribution in [0.4, 0.5) is 11.5 Å². The standard InChI is InChI=1S/C21H23N5O4S/c1-13(2)31(28,29)16-5-3-15(4-6-16)24-20-19-17(7-9-23-21(19)27)26(25-20)18-12-30-10-8-14(18)11-22/h3-7,9,13-14,18H,8,10,12H2,1-2H3,(H,23,27)(H,24,25)/t14-,18+/m1/s1. The lowest BCUT2D eigenvalue weighted by Gasteiger charge is -2.27. The van der Waals surface area contributed by atoms with Crippen LogP contribution in [0.3, 0.4) is 0 Å². The number of hydrogen-bond donors (Lipinski definition) is 2. The number of nitrogens with one attached hydrogen (secondary N) is 2. The van der Waals surface area contributed by atoms with Gasteiger partial charge in [0.25, 0.3) is 5.56 Å². The minimum absolute atomic E-state index is 0.234. The third kappa shape index (κ3) is 3.82. The van der Waals surface area contributed by atoms with Gasteiger partial charge in [0.05, 0.1) is 40.3 Å². The Morgan fingerprint density at radius 3 is 2.71 bits per heavy atom. The minimum Gasteiger partial charge on any atom is -0.379 e. The summed E-state index contributed by atoms with van der Waals surface area (Å²) in [6, 6.07) is 10.1. The van der Waals surface area contributed by atoms with Crippen molar-refractivity contribution in [3.63, 3.8) is 0 Å². The van der Waals surface area contributed by atoms with Crippen LogP contribution in [0.5, 0.6) is 0 Å². The molecule has 2 N–H and O–H groups in total. The number of H-pyrrole nitrogens is 1. The number of nitriles is 1. The molecule has 1 aliphatic rings. The summed E-state index contributed by atoms with van der Waals surface area (Å²) in [5.41, 5.74) is 0.880. The number of ether oxygens (including phenoxy) is 1. The molecule has 1 aromatic carbocycles. The highest BCUT2D eigenvalue weighted by Crippen LogP contribution is 2.32. The van der Waals surface area contributed by atoms with Gasteiger partial charge in [-0.3, -0.25) is 9.48 Å². The Morgan fingerprint density at radius 2 is 2.03 bits per heavy atom. The normalized spacial score (nSPS) is 19.4. The molecule has 0 unspecified atom stereocenters. The second-order valence-corrected chi connectivity index (χ2v) is 10.3. The molecule has 31 heavy (non-hydrogen) atoms. The van der Waals surface area contributed by atoms with E-state index in [0.717, 1.165) is 0 Å². The highest BCUT2D eigenvalue weighted by Gasteiger charge is 2.30. The third-order valence-electron chi connectivity index (χ3n) is 5.50. The predicted molar refractivity (Wildman–Crippen MR) is 116 cm³/mol. The summed E-state index contributed by atoms with van der Waals surface area (Å²) >= 11 is 0. The van der Waals surface area contributed by atoms with E-state index >= 15 is 0 Å². The largest absolute Gasteiger partial charge is 0.379 e. The molecular weight excluding hydrogens is 418 g/mol. The Balaban J connectivity index is 1.74. The summed E-state index contributed by atoms with van der Waals surface area (Å²) in [5.74, 6) is 0.0584. The summed E-state index contributed by atoms with van der Waals surface area (Å²) in [6.45, 7) is 4.13. The smallest absolute Gasteiger partial charge is 0.261 e. The first-order chi connectivity index (χ1) is 14.8. The third-order valence-corrected chi connectivity index (χ3v) is 7.67. The molecule has 162 valence electrons. The molecule has 1 aliphatic heterocycles. The van der Waals surface area contributed by atoms with Crippen molar-refractivity contribution in [3.8, 4) is 6.07 Å². The van der Waals surface area contributed by atoms with Crippen LogP contribution >= 0.6 is 0 Å². The molecule has 0 amide bonds. The van der Waals surface area contributed by atoms with Crippen LogP contribution in [0.15, 0.2) is 46.2 Å². The zero-order chi connectivity index (χ0) is 22.2. The van der Waals surface area contributed by atoms with Gasteiger partial charge in [0, 0.05) is 18.5 Å². The fraction of sp³-hybridized carbons (Fsp3) is 0.381. The molecule has 9 nitrogen and oxygen atoms in total. The van der Waals surface area contributed by atoms with Crippen LogP contribution in [0, 0.1) is 17.2 Å². The van der Waals surface area contributed by atoms with Crippen molar-refractivity contribution < 1.29 is 13.2 Å². The van der Waals surface area contributed by atoms with Gasteiger partial charge in [-0.1, -0.05) is 0 Å². The first-order valence-corrected chi connectivity index (χ1v) is 11.6. The number of rotatable bonds is 5. The quantitative estimate of drug-likeness (QED) is 0.622. The topological polar surface area (TPSA) is 130 Å². The van der Waals surface area contributed by atoms with E-state index in [9.17, 15) is 18.5 Å². The molecule has 3 aromatic rings. The van der Waals surface area contributed by atoms with Crippen LogP contribution in [-0.4, -0.2) is 41.6 Å². The van der Waals surface area contributed by atoms with Gasteiger partial charge in [0.15, 0.2) is 15.7 Å². The Labute approximate surface area is 179 Å². The number of aromatic amines is 1. The van der Waals surface area contributed by atoms with Crippen molar-refractivity contribution in [1.82, 2.24) is 14.8 Å². The number of sulfone groups is 1. The van der Waals surface area contributed by atoms with Gasteiger partial charge in [0.1, 0.15) is 5.39 Å². The lowest BCUT2D eigenvalue weighted by atomic mass is 9.96. The molecule has 0 radical (unpaired) electrons. The van der Waals surface area contributed by atoms with E-state index in [1.807, 2.05) is 0 Å². The predicted octanol–water partition coefficient (Wildman–Crippen LogP) is 2.75. The number of hydrogen-bond acceptors (Lipinski definition) is 7. The van der Waals surface area contributed by atoms with Crippen molar-refractivity contribution in [2.75, 3.05) is 18.5 Å². The number of benzene rings is 1. The fourth-order valence-electron chi connectivity index (χ4n) is 3.69. The first kappa shape index (κ1) is 21.1. The van der Waals surface area contributed by atoms with Crippen LogP contribution < -0.4 is 10.9 Å². The number of fused-ring (bicyclic) bond motifs is 1. The zero-order valence-electron chi connectivity index (χ0n) is 17.2. The molecule has 1 fully saturated rings. The molecular formula is C21H23N5O4S. The van der Waals surface area contributed by atoms with E-state index in [-0.39, 0.29) is 22.4 Å². The first-order valence-electron chi connectivity index (χ1n) is 10.0. The van der Waals surface area contributed by atoms with Gasteiger partial charge in [0.2, 0.25) is 0 Å². The molecule has 0 aliphatic carbocycles. The second kappa shape index (κ2) is 8.17. The maximum Gasteiger partial charge on any atom is 0.261 e. The van der Waals surface area contributed by atoms with E-state index in [1.165, 1.54) is 12.1 Å². The van der Waals surface area contributed by atoms with E-state index in [1.54, 1.807) is 42.9 Å². The van der Waals surface area contributed by atoms with E-state index in [0.29, 0.717) is 42.0 Å². The maximum atomic E-state index is 12.6. The van der Waals surface area contributed by atoms with E-state index in [4.69, 9.17) is 4.74 Å². The molecule has 2 aromatic heterocycles. The number of nitrogens with zero attached hydrogens (tertiary/aromatic N) is 3. The molecule has 3 heterocycles. The lowest BCUT2D eigenvalue weighted by Crippen LogP contribution is -2.30. The van der Waals surface area contributed by atoms with Crippen molar-refractivity contribution in [2.45, 2.75) is 36.5 Å². The second-order valence-electron chi connectivity index (χ2n) is 7.77. The summed E-state index contributed by atoms with van der Waals surface area (Å²) < 4.78 is 31.9. The summed E-state index contributed by atoms with van der Waals surface area (Å²) in [4.78, 5) is 15.5. The average Bonchev–Trinajstić information content (AvgIpc) is 3.13. The van der Waals surface area contributed by atoms with E-state index in [2.05, 4.69) is 21.5 Å². The Bertz CT molecular complexity index is 1300. The molecule has 2 atom stereocenters. The minimum atomic E-state index is -3.37. The molecule has 0 saturated carbocycles. The fourth-order valence-corrected chi connectivity index (χ4v) is 4.75. The van der Waals surface area contributed by atoms with Crippen LogP contribution in [0.25, 0.3) is 10.9 Å². The van der Waals surface area contributed by atoms with E-state index < -0.39 is 15.1 Å². The van der Waals surface area contributed by atoms with Crippen molar-refractivity contribution in [2.24, 2.45) is 5.92 Å². The van der Waals surface area contributed by atoms with Gasteiger partial charge in [-0.05, 0) is 50.6 Å². The van der Waals surface area contributed by atoms with Crippen molar-refractivity contribution in [1.29, 1.82) is 5.26 Å². The Morgan fingerprint density at radius 1 is 1.29 bits per heavy atom. The van der Waals surface area contributed by atoms with Gasteiger partial charge >= 0.3 is 0 Å². The van der Waals surface area contributed by atoms with Gasteiger partial charge < -0.3 is 15.0 Å². The maximum absolute atomic E-state index is 12.6. The molecule has 10 heteroatoms. The van der Waals surface area contributed by atoms with Crippen molar-refractivity contribution >= 4 is 32.2 Å². The van der Waals surface area contributed by atoms with Crippen molar-refractivity contribution in [3.05, 3.63) is 46.9 Å². The number of pyridine rings is 1. The zero-order valence-corrected chi connectivity index (χ0v) is 18.0. The molecule has 4 rings (SSSR count). The Hall–Kier alpha value is -3.16. The number of anilines is 2. The highest BCUT2D eigenvalue weighted by molar-refractivity contribution is 7.92. The van der Waals surface area contributed by atoms with Crippen LogP contribution in [0.2, 0.25) is 0 Å². The average molecular weight is 442 g/mol. The monoisotopic (exact) mass is 441 g/mol. The Kier molecular flexibility index (Phi) is 5.56. The summed E-state index contributed by atoms with van der Waals surface area (Å²) in [5, 5.41) is 17.1. The van der Waals surface area contributed by atoms with Crippen LogP contribution in [-0.2, 0) is 14.6 Å². The van der Waals surface area contributed by atoms with Gasteiger partial charge in [-0.15, -0.1) is 0 Å². The molecule has 0 spiro atoms. The van der Waals surface area contributed by atoms with Gasteiger partial charge in [-0.2, -0.15) is 10.4 Å². The molecule has 1 saturated heterocycles. The number of aromatic nitrogens is 3. The molecule has 0 bridgehead atoms. The highest BCUT2D eigenvalue weighted by atomic mass is 32.2.